The Balaban J connectivity index is 0.00000300. The van der Waals surface area contributed by atoms with Crippen LogP contribution in [0.4, 0.5) is 4.39 Å². The predicted molar refractivity (Wildman–Crippen MR) is 111 cm³/mol. The van der Waals surface area contributed by atoms with E-state index in [4.69, 9.17) is 0 Å². The molecule has 1 aromatic heterocycles. The summed E-state index contributed by atoms with van der Waals surface area (Å²) < 4.78 is 15.0. The number of rotatable bonds is 8. The van der Waals surface area contributed by atoms with Crippen molar-refractivity contribution >= 4 is 18.3 Å². The zero-order valence-corrected chi connectivity index (χ0v) is 17.6. The largest absolute Gasteiger partial charge is 0.353 e. The molecule has 1 aromatic carbocycles. The smallest absolute Gasteiger partial charge is 0.245 e. The minimum Gasteiger partial charge on any atom is -0.353 e. The van der Waals surface area contributed by atoms with Crippen molar-refractivity contribution in [2.75, 3.05) is 13.1 Å². The molecule has 160 valence electrons. The van der Waals surface area contributed by atoms with Crippen LogP contribution in [0.5, 0.6) is 0 Å². The molecule has 0 spiro atoms. The first kappa shape index (κ1) is 23.2. The summed E-state index contributed by atoms with van der Waals surface area (Å²) in [6.45, 7) is 3.02. The van der Waals surface area contributed by atoms with Crippen LogP contribution in [-0.2, 0) is 11.2 Å². The molecule has 1 aliphatic carbocycles. The standard InChI is InChI=1S/C20H29FN6O.ClH/c1-15-24-25-26-27(15)19(14-16-7-6-8-17(21)13-16)20(28)23-12-11-22-18-9-4-2-3-5-10-18;/h6-8,13,18-19,22H,2-5,9-12,14H2,1H3,(H,23,28);1H. The third-order valence-electron chi connectivity index (χ3n) is 5.29. The number of benzene rings is 1. The van der Waals surface area contributed by atoms with Crippen LogP contribution in [-0.4, -0.2) is 45.2 Å². The van der Waals surface area contributed by atoms with Gasteiger partial charge in [-0.1, -0.05) is 37.8 Å². The second kappa shape index (κ2) is 11.8. The van der Waals surface area contributed by atoms with Gasteiger partial charge >= 0.3 is 0 Å². The summed E-state index contributed by atoms with van der Waals surface area (Å²) in [6, 6.07) is 6.20. The molecule has 1 heterocycles. The minimum absolute atomic E-state index is 0. The predicted octanol–water partition coefficient (Wildman–Crippen LogP) is 2.75. The van der Waals surface area contributed by atoms with E-state index in [0.29, 0.717) is 24.8 Å². The number of carbonyl (C=O) groups excluding carboxylic acids is 1. The maximum Gasteiger partial charge on any atom is 0.245 e. The first-order valence-electron chi connectivity index (χ1n) is 10.1. The molecule has 3 rings (SSSR count). The summed E-state index contributed by atoms with van der Waals surface area (Å²) in [5, 5.41) is 18.0. The Labute approximate surface area is 177 Å². The van der Waals surface area contributed by atoms with E-state index in [2.05, 4.69) is 26.2 Å². The van der Waals surface area contributed by atoms with Gasteiger partial charge in [0.2, 0.25) is 5.91 Å². The monoisotopic (exact) mass is 424 g/mol. The zero-order valence-electron chi connectivity index (χ0n) is 16.8. The molecular weight excluding hydrogens is 395 g/mol. The number of nitrogens with zero attached hydrogens (tertiary/aromatic N) is 4. The van der Waals surface area contributed by atoms with Gasteiger partial charge in [0.25, 0.3) is 0 Å². The number of carbonyl (C=O) groups is 1. The van der Waals surface area contributed by atoms with Gasteiger partial charge in [-0.25, -0.2) is 9.07 Å². The Kier molecular flexibility index (Phi) is 9.47. The van der Waals surface area contributed by atoms with E-state index in [1.165, 1.54) is 55.3 Å². The first-order valence-corrected chi connectivity index (χ1v) is 10.1. The lowest BCUT2D eigenvalue weighted by Gasteiger charge is -2.19. The highest BCUT2D eigenvalue weighted by Gasteiger charge is 2.24. The van der Waals surface area contributed by atoms with Crippen molar-refractivity contribution in [1.82, 2.24) is 30.8 Å². The molecule has 9 heteroatoms. The molecule has 1 saturated carbocycles. The summed E-state index contributed by atoms with van der Waals surface area (Å²) >= 11 is 0. The average molecular weight is 425 g/mol. The molecule has 7 nitrogen and oxygen atoms in total. The second-order valence-corrected chi connectivity index (χ2v) is 7.45. The van der Waals surface area contributed by atoms with E-state index in [9.17, 15) is 9.18 Å². The Hall–Kier alpha value is -2.06. The van der Waals surface area contributed by atoms with E-state index < -0.39 is 6.04 Å². The molecule has 2 aromatic rings. The van der Waals surface area contributed by atoms with Gasteiger partial charge in [-0.05, 0) is 47.9 Å². The zero-order chi connectivity index (χ0) is 19.8. The lowest BCUT2D eigenvalue weighted by atomic mass is 10.0. The van der Waals surface area contributed by atoms with E-state index in [0.717, 1.165) is 12.1 Å². The van der Waals surface area contributed by atoms with Crippen molar-refractivity contribution in [3.8, 4) is 0 Å². The minimum atomic E-state index is -0.616. The van der Waals surface area contributed by atoms with Crippen molar-refractivity contribution < 1.29 is 9.18 Å². The average Bonchev–Trinajstić information content (AvgIpc) is 2.93. The summed E-state index contributed by atoms with van der Waals surface area (Å²) in [5.74, 6) is 0.0631. The van der Waals surface area contributed by atoms with E-state index in [1.54, 1.807) is 19.1 Å². The Morgan fingerprint density at radius 3 is 2.66 bits per heavy atom. The van der Waals surface area contributed by atoms with Crippen molar-refractivity contribution in [2.45, 2.75) is 64.0 Å². The van der Waals surface area contributed by atoms with Gasteiger partial charge in [-0.2, -0.15) is 0 Å². The summed E-state index contributed by atoms with van der Waals surface area (Å²) in [7, 11) is 0. The van der Waals surface area contributed by atoms with Gasteiger partial charge in [0.15, 0.2) is 0 Å². The molecule has 1 unspecified atom stereocenters. The molecule has 1 fully saturated rings. The summed E-state index contributed by atoms with van der Waals surface area (Å²) in [5.41, 5.74) is 0.728. The van der Waals surface area contributed by atoms with Crippen LogP contribution in [0.15, 0.2) is 24.3 Å². The summed E-state index contributed by atoms with van der Waals surface area (Å²) in [4.78, 5) is 12.8. The quantitative estimate of drug-likeness (QED) is 0.502. The van der Waals surface area contributed by atoms with Crippen LogP contribution in [0, 0.1) is 12.7 Å². The molecule has 0 bridgehead atoms. The molecule has 1 amide bonds. The third-order valence-corrected chi connectivity index (χ3v) is 5.29. The number of tetrazole rings is 1. The molecule has 1 atom stereocenters. The van der Waals surface area contributed by atoms with Crippen molar-refractivity contribution in [3.05, 3.63) is 41.5 Å². The van der Waals surface area contributed by atoms with Gasteiger partial charge < -0.3 is 10.6 Å². The van der Waals surface area contributed by atoms with Crippen molar-refractivity contribution in [1.29, 1.82) is 0 Å². The topological polar surface area (TPSA) is 84.7 Å². The van der Waals surface area contributed by atoms with Gasteiger partial charge in [0.1, 0.15) is 17.7 Å². The van der Waals surface area contributed by atoms with Crippen molar-refractivity contribution in [3.63, 3.8) is 0 Å². The van der Waals surface area contributed by atoms with E-state index in [-0.39, 0.29) is 24.1 Å². The fraction of sp³-hybridized carbons (Fsp3) is 0.600. The number of hydrogen-bond acceptors (Lipinski definition) is 5. The molecular formula is C20H30ClFN6O. The van der Waals surface area contributed by atoms with Crippen LogP contribution in [0.1, 0.15) is 56.0 Å². The Morgan fingerprint density at radius 1 is 1.24 bits per heavy atom. The lowest BCUT2D eigenvalue weighted by Crippen LogP contribution is -2.40. The number of aromatic nitrogens is 4. The van der Waals surface area contributed by atoms with Crippen LogP contribution in [0.3, 0.4) is 0 Å². The van der Waals surface area contributed by atoms with Gasteiger partial charge in [-0.3, -0.25) is 4.79 Å². The molecule has 1 aliphatic rings. The number of aryl methyl sites for hydroxylation is 1. The second-order valence-electron chi connectivity index (χ2n) is 7.45. The maximum atomic E-state index is 13.5. The SMILES string of the molecule is Cc1nnnn1C(Cc1cccc(F)c1)C(=O)NCCNC1CCCCCC1.Cl. The van der Waals surface area contributed by atoms with Gasteiger partial charge in [0.05, 0.1) is 0 Å². The molecule has 0 saturated heterocycles. The highest BCUT2D eigenvalue weighted by atomic mass is 35.5. The van der Waals surface area contributed by atoms with Crippen LogP contribution >= 0.6 is 12.4 Å². The highest BCUT2D eigenvalue weighted by Crippen LogP contribution is 2.17. The van der Waals surface area contributed by atoms with Gasteiger partial charge in [0, 0.05) is 25.6 Å². The van der Waals surface area contributed by atoms with Gasteiger partial charge in [-0.15, -0.1) is 17.5 Å². The van der Waals surface area contributed by atoms with Crippen molar-refractivity contribution in [2.24, 2.45) is 0 Å². The van der Waals surface area contributed by atoms with E-state index in [1.807, 2.05) is 0 Å². The fourth-order valence-electron chi connectivity index (χ4n) is 3.77. The Bertz CT molecular complexity index is 763. The summed E-state index contributed by atoms with van der Waals surface area (Å²) in [6.07, 6.45) is 7.94. The lowest BCUT2D eigenvalue weighted by molar-refractivity contribution is -0.124. The molecule has 0 radical (unpaired) electrons. The maximum absolute atomic E-state index is 13.5. The number of nitrogens with one attached hydrogen (secondary N) is 2. The molecule has 29 heavy (non-hydrogen) atoms. The van der Waals surface area contributed by atoms with Crippen LogP contribution in [0.25, 0.3) is 0 Å². The normalized spacial score (nSPS) is 15.9. The number of amides is 1. The third kappa shape index (κ3) is 7.04. The molecule has 2 N–H and O–H groups in total. The number of hydrogen-bond donors (Lipinski definition) is 2. The fourth-order valence-corrected chi connectivity index (χ4v) is 3.77. The van der Waals surface area contributed by atoms with Crippen LogP contribution < -0.4 is 10.6 Å². The van der Waals surface area contributed by atoms with E-state index >= 15 is 0 Å². The Morgan fingerprint density at radius 2 is 2.00 bits per heavy atom. The highest BCUT2D eigenvalue weighted by molar-refractivity contribution is 5.85. The van der Waals surface area contributed by atoms with Crippen LogP contribution in [0.2, 0.25) is 0 Å². The number of halogens is 2. The first-order chi connectivity index (χ1) is 13.6. The molecule has 0 aliphatic heterocycles.